The lowest BCUT2D eigenvalue weighted by Gasteiger charge is -2.12. The van der Waals surface area contributed by atoms with Crippen LogP contribution < -0.4 is 14.8 Å². The van der Waals surface area contributed by atoms with Gasteiger partial charge in [0.25, 0.3) is 5.91 Å². The molecule has 0 radical (unpaired) electrons. The Bertz CT molecular complexity index is 1200. The van der Waals surface area contributed by atoms with Gasteiger partial charge in [-0.05, 0) is 60.5 Å². The van der Waals surface area contributed by atoms with Crippen molar-refractivity contribution in [2.75, 3.05) is 12.4 Å². The maximum atomic E-state index is 12.7. The van der Waals surface area contributed by atoms with Crippen LogP contribution in [0.1, 0.15) is 16.7 Å². The topological polar surface area (TPSA) is 71.3 Å². The third kappa shape index (κ3) is 6.13. The Morgan fingerprint density at radius 3 is 2.56 bits per heavy atom. The Morgan fingerprint density at radius 1 is 1.16 bits per heavy atom. The lowest BCUT2D eigenvalue weighted by atomic mass is 10.1. The molecule has 0 aliphatic heterocycles. The number of anilines is 1. The van der Waals surface area contributed by atoms with Gasteiger partial charge in [0.15, 0.2) is 0 Å². The molecule has 0 bridgehead atoms. The van der Waals surface area contributed by atoms with Gasteiger partial charge >= 0.3 is 0 Å². The molecular weight excluding hydrogens is 492 g/mol. The van der Waals surface area contributed by atoms with Crippen molar-refractivity contribution in [3.8, 4) is 17.6 Å². The fraction of sp³-hybridized carbons (Fsp3) is 0.120. The Hall–Kier alpha value is -3.27. The quantitative estimate of drug-likeness (QED) is 0.289. The van der Waals surface area contributed by atoms with Crippen LogP contribution in [0.3, 0.4) is 0 Å². The van der Waals surface area contributed by atoms with E-state index in [1.165, 1.54) is 6.08 Å². The largest absolute Gasteiger partial charge is 0.497 e. The monoisotopic (exact) mass is 510 g/mol. The van der Waals surface area contributed by atoms with Crippen molar-refractivity contribution in [1.29, 1.82) is 5.26 Å². The second-order valence-electron chi connectivity index (χ2n) is 6.91. The number of nitrogens with one attached hydrogen (secondary N) is 1. The van der Waals surface area contributed by atoms with Gasteiger partial charge in [-0.3, -0.25) is 4.79 Å². The highest BCUT2D eigenvalue weighted by molar-refractivity contribution is 9.10. The van der Waals surface area contributed by atoms with Crippen LogP contribution in [0.4, 0.5) is 5.69 Å². The molecule has 3 aromatic carbocycles. The number of hydrogen-bond acceptors (Lipinski definition) is 4. The van der Waals surface area contributed by atoms with Crippen LogP contribution in [0.2, 0.25) is 5.02 Å². The van der Waals surface area contributed by atoms with E-state index in [0.29, 0.717) is 34.4 Å². The van der Waals surface area contributed by atoms with Crippen LogP contribution in [-0.4, -0.2) is 13.0 Å². The molecule has 1 N–H and O–H groups in total. The summed E-state index contributed by atoms with van der Waals surface area (Å²) in [6, 6.07) is 20.1. The van der Waals surface area contributed by atoms with Gasteiger partial charge in [-0.2, -0.15) is 5.26 Å². The number of ether oxygens (including phenoxy) is 2. The fourth-order valence-corrected chi connectivity index (χ4v) is 3.25. The molecule has 0 saturated heterocycles. The van der Waals surface area contributed by atoms with Crippen molar-refractivity contribution in [2.24, 2.45) is 0 Å². The number of rotatable bonds is 7. The van der Waals surface area contributed by atoms with Crippen molar-refractivity contribution >= 4 is 45.2 Å². The van der Waals surface area contributed by atoms with E-state index in [4.69, 9.17) is 21.1 Å². The third-order valence-electron chi connectivity index (χ3n) is 4.62. The van der Waals surface area contributed by atoms with Crippen LogP contribution in [0.5, 0.6) is 11.5 Å². The Morgan fingerprint density at radius 2 is 1.91 bits per heavy atom. The maximum Gasteiger partial charge on any atom is 0.266 e. The minimum atomic E-state index is -0.540. The summed E-state index contributed by atoms with van der Waals surface area (Å²) in [4.78, 5) is 12.7. The molecular formula is C25H20BrClN2O3. The highest BCUT2D eigenvalue weighted by Gasteiger charge is 2.13. The molecule has 32 heavy (non-hydrogen) atoms. The van der Waals surface area contributed by atoms with Crippen LogP contribution in [0.15, 0.2) is 70.7 Å². The summed E-state index contributed by atoms with van der Waals surface area (Å²) >= 11 is 9.53. The molecule has 0 spiro atoms. The van der Waals surface area contributed by atoms with E-state index < -0.39 is 5.91 Å². The molecule has 0 aromatic heterocycles. The molecule has 3 aromatic rings. The molecule has 0 saturated carbocycles. The number of amides is 1. The average Bonchev–Trinajstić information content (AvgIpc) is 2.79. The van der Waals surface area contributed by atoms with Crippen molar-refractivity contribution in [1.82, 2.24) is 0 Å². The molecule has 5 nitrogen and oxygen atoms in total. The van der Waals surface area contributed by atoms with E-state index in [2.05, 4.69) is 21.2 Å². The predicted octanol–water partition coefficient (Wildman–Crippen LogP) is 6.54. The normalized spacial score (nSPS) is 10.9. The fourth-order valence-electron chi connectivity index (χ4n) is 2.80. The SMILES string of the molecule is COc1ccc(/C=C(\C#N)C(=O)Nc2ccc(C)c(Cl)c2)c(OCc2ccc(Br)cc2)c1. The van der Waals surface area contributed by atoms with Crippen LogP contribution in [0, 0.1) is 18.3 Å². The molecule has 1 amide bonds. The number of benzene rings is 3. The third-order valence-corrected chi connectivity index (χ3v) is 5.56. The van der Waals surface area contributed by atoms with Crippen molar-refractivity contribution in [3.05, 3.63) is 92.4 Å². The summed E-state index contributed by atoms with van der Waals surface area (Å²) in [5.74, 6) is 0.554. The van der Waals surface area contributed by atoms with E-state index in [-0.39, 0.29) is 5.57 Å². The van der Waals surface area contributed by atoms with Gasteiger partial charge < -0.3 is 14.8 Å². The number of nitriles is 1. The first-order valence-corrected chi connectivity index (χ1v) is 10.8. The summed E-state index contributed by atoms with van der Waals surface area (Å²) in [6.45, 7) is 2.19. The van der Waals surface area contributed by atoms with Gasteiger partial charge in [0.1, 0.15) is 29.7 Å². The first-order valence-electron chi connectivity index (χ1n) is 9.64. The summed E-state index contributed by atoms with van der Waals surface area (Å²) in [5, 5.41) is 12.8. The zero-order valence-corrected chi connectivity index (χ0v) is 19.8. The summed E-state index contributed by atoms with van der Waals surface area (Å²) in [7, 11) is 1.56. The minimum Gasteiger partial charge on any atom is -0.497 e. The molecule has 0 atom stereocenters. The molecule has 0 aliphatic rings. The van der Waals surface area contributed by atoms with E-state index in [9.17, 15) is 10.1 Å². The number of carbonyl (C=O) groups is 1. The number of aryl methyl sites for hydroxylation is 1. The lowest BCUT2D eigenvalue weighted by Crippen LogP contribution is -2.13. The smallest absolute Gasteiger partial charge is 0.266 e. The van der Waals surface area contributed by atoms with E-state index in [1.54, 1.807) is 43.5 Å². The molecule has 0 aliphatic carbocycles. The summed E-state index contributed by atoms with van der Waals surface area (Å²) < 4.78 is 12.2. The first-order chi connectivity index (χ1) is 15.4. The molecule has 162 valence electrons. The molecule has 7 heteroatoms. The second kappa shape index (κ2) is 10.9. The molecule has 3 rings (SSSR count). The van der Waals surface area contributed by atoms with E-state index in [0.717, 1.165) is 15.6 Å². The van der Waals surface area contributed by atoms with Gasteiger partial charge in [-0.25, -0.2) is 0 Å². The van der Waals surface area contributed by atoms with E-state index >= 15 is 0 Å². The van der Waals surface area contributed by atoms with Gasteiger partial charge in [0.05, 0.1) is 7.11 Å². The standard InChI is InChI=1S/C25H20BrClN2O3/c1-16-3-9-21(12-23(16)27)29-25(30)19(14-28)11-18-6-10-22(31-2)13-24(18)32-15-17-4-7-20(26)8-5-17/h3-13H,15H2,1-2H3,(H,29,30)/b19-11+. The maximum absolute atomic E-state index is 12.7. The number of hydrogen-bond donors (Lipinski definition) is 1. The van der Waals surface area contributed by atoms with Gasteiger partial charge in [0, 0.05) is 26.8 Å². The van der Waals surface area contributed by atoms with Crippen LogP contribution >= 0.6 is 27.5 Å². The first kappa shape index (κ1) is 23.4. The Kier molecular flexibility index (Phi) is 7.93. The van der Waals surface area contributed by atoms with Crippen molar-refractivity contribution < 1.29 is 14.3 Å². The van der Waals surface area contributed by atoms with Crippen molar-refractivity contribution in [3.63, 3.8) is 0 Å². The van der Waals surface area contributed by atoms with Crippen LogP contribution in [0.25, 0.3) is 6.08 Å². The number of halogens is 2. The molecule has 0 unspecified atom stereocenters. The zero-order valence-electron chi connectivity index (χ0n) is 17.5. The highest BCUT2D eigenvalue weighted by Crippen LogP contribution is 2.28. The highest BCUT2D eigenvalue weighted by atomic mass is 79.9. The summed E-state index contributed by atoms with van der Waals surface area (Å²) in [5.41, 5.74) is 2.89. The minimum absolute atomic E-state index is 0.0691. The van der Waals surface area contributed by atoms with Gasteiger partial charge in [-0.1, -0.05) is 45.7 Å². The second-order valence-corrected chi connectivity index (χ2v) is 8.23. The Balaban J connectivity index is 1.85. The van der Waals surface area contributed by atoms with Gasteiger partial charge in [-0.15, -0.1) is 0 Å². The predicted molar refractivity (Wildman–Crippen MR) is 130 cm³/mol. The zero-order chi connectivity index (χ0) is 23.1. The molecule has 0 heterocycles. The lowest BCUT2D eigenvalue weighted by molar-refractivity contribution is -0.112. The van der Waals surface area contributed by atoms with Gasteiger partial charge in [0.2, 0.25) is 0 Å². The van der Waals surface area contributed by atoms with E-state index in [1.807, 2.05) is 37.3 Å². The number of carbonyl (C=O) groups excluding carboxylic acids is 1. The Labute approximate surface area is 200 Å². The van der Waals surface area contributed by atoms with Crippen molar-refractivity contribution in [2.45, 2.75) is 13.5 Å². The summed E-state index contributed by atoms with van der Waals surface area (Å²) in [6.07, 6.45) is 1.49. The number of methoxy groups -OCH3 is 1. The molecule has 0 fully saturated rings. The van der Waals surface area contributed by atoms with Crippen LogP contribution in [-0.2, 0) is 11.4 Å². The number of nitrogens with zero attached hydrogens (tertiary/aromatic N) is 1. The average molecular weight is 512 g/mol.